The van der Waals surface area contributed by atoms with Gasteiger partial charge in [0.1, 0.15) is 6.04 Å². The third kappa shape index (κ3) is 5.24. The van der Waals surface area contributed by atoms with E-state index in [1.165, 1.54) is 17.4 Å². The molecule has 5 N–H and O–H groups in total. The smallest absolute Gasteiger partial charge is 0.266 e. The maximum absolute atomic E-state index is 13.2. The Morgan fingerprint density at radius 1 is 1.26 bits per heavy atom. The molecule has 1 atom stereocenters. The first kappa shape index (κ1) is 24.1. The average Bonchev–Trinajstić information content (AvgIpc) is 3.47. The molecule has 0 aliphatic carbocycles. The molecule has 0 saturated carbocycles. The zero-order valence-electron chi connectivity index (χ0n) is 19.5. The summed E-state index contributed by atoms with van der Waals surface area (Å²) < 4.78 is 1.61. The molecular formula is C24H27N7O3S. The highest BCUT2D eigenvalue weighted by Gasteiger charge is 2.29. The lowest BCUT2D eigenvalue weighted by molar-refractivity contribution is -0.134. The summed E-state index contributed by atoms with van der Waals surface area (Å²) in [7, 11) is 1.78. The third-order valence-electron chi connectivity index (χ3n) is 5.87. The molecular weight excluding hydrogens is 466 g/mol. The molecule has 2 aromatic heterocycles. The first-order valence-corrected chi connectivity index (χ1v) is 12.0. The number of benzene rings is 1. The minimum atomic E-state index is -0.685. The van der Waals surface area contributed by atoms with Gasteiger partial charge in [-0.2, -0.15) is 5.10 Å². The van der Waals surface area contributed by atoms with Gasteiger partial charge in [0, 0.05) is 60.3 Å². The number of rotatable bonds is 7. The average molecular weight is 494 g/mol. The molecule has 182 valence electrons. The lowest BCUT2D eigenvalue weighted by atomic mass is 10.1. The van der Waals surface area contributed by atoms with E-state index < -0.39 is 11.9 Å². The van der Waals surface area contributed by atoms with Gasteiger partial charge in [0.05, 0.1) is 4.88 Å². The Kier molecular flexibility index (Phi) is 6.97. The van der Waals surface area contributed by atoms with Gasteiger partial charge in [0.15, 0.2) is 5.82 Å². The molecule has 11 heteroatoms. The van der Waals surface area contributed by atoms with E-state index in [0.29, 0.717) is 53.4 Å². The summed E-state index contributed by atoms with van der Waals surface area (Å²) in [4.78, 5) is 42.0. The number of nitrogens with one attached hydrogen (secondary N) is 3. The molecule has 0 spiro atoms. The van der Waals surface area contributed by atoms with Crippen molar-refractivity contribution in [1.29, 1.82) is 5.41 Å². The lowest BCUT2D eigenvalue weighted by Gasteiger charge is -2.30. The number of hydrogen-bond acceptors (Lipinski definition) is 7. The van der Waals surface area contributed by atoms with Gasteiger partial charge in [0.2, 0.25) is 5.91 Å². The normalized spacial score (nSPS) is 13.6. The Labute approximate surface area is 206 Å². The van der Waals surface area contributed by atoms with E-state index in [1.807, 2.05) is 13.0 Å². The monoisotopic (exact) mass is 493 g/mol. The van der Waals surface area contributed by atoms with Crippen molar-refractivity contribution in [1.82, 2.24) is 20.0 Å². The summed E-state index contributed by atoms with van der Waals surface area (Å²) in [6.45, 7) is 2.74. The van der Waals surface area contributed by atoms with Crippen LogP contribution in [0, 0.1) is 5.41 Å². The fourth-order valence-electron chi connectivity index (χ4n) is 3.93. The van der Waals surface area contributed by atoms with E-state index in [1.54, 1.807) is 41.0 Å². The number of nitrogens with two attached hydrogens (primary N) is 1. The van der Waals surface area contributed by atoms with Crippen LogP contribution in [0.15, 0.2) is 36.5 Å². The van der Waals surface area contributed by atoms with Gasteiger partial charge in [-0.1, -0.05) is 6.92 Å². The van der Waals surface area contributed by atoms with Crippen LogP contribution in [0.3, 0.4) is 0 Å². The topological polar surface area (TPSA) is 146 Å². The molecule has 10 nitrogen and oxygen atoms in total. The number of fused-ring (bicyclic) bond motifs is 1. The van der Waals surface area contributed by atoms with Crippen LogP contribution in [0.4, 0.5) is 11.5 Å². The highest BCUT2D eigenvalue weighted by atomic mass is 32.1. The standard InChI is InChI=1S/C24H27N7O3S/c1-3-18(27-22(32)14-4-5-17(26)15(10-14)12-25)24(34)31-9-6-19-16(13-31)11-20(35-19)23(33)28-21-7-8-30(2)29-21/h4-5,7-8,10-12,18,25H,3,6,9,13,26H2,1-2H3,(H,27,32)(H,28,29,33)/t18-/m1/s1. The second kappa shape index (κ2) is 10.1. The Hall–Kier alpha value is -3.99. The van der Waals surface area contributed by atoms with Gasteiger partial charge in [-0.3, -0.25) is 19.1 Å². The molecule has 0 fully saturated rings. The van der Waals surface area contributed by atoms with Gasteiger partial charge < -0.3 is 26.7 Å². The van der Waals surface area contributed by atoms with E-state index in [9.17, 15) is 14.4 Å². The van der Waals surface area contributed by atoms with Gasteiger partial charge in [0.25, 0.3) is 11.8 Å². The number of carbonyl (C=O) groups excluding carboxylic acids is 3. The highest BCUT2D eigenvalue weighted by Crippen LogP contribution is 2.29. The van der Waals surface area contributed by atoms with Gasteiger partial charge >= 0.3 is 0 Å². The van der Waals surface area contributed by atoms with Crippen LogP contribution < -0.4 is 16.4 Å². The predicted molar refractivity (Wildman–Crippen MR) is 135 cm³/mol. The summed E-state index contributed by atoms with van der Waals surface area (Å²) in [5, 5.41) is 17.2. The van der Waals surface area contributed by atoms with Crippen molar-refractivity contribution < 1.29 is 14.4 Å². The minimum Gasteiger partial charge on any atom is -0.398 e. The minimum absolute atomic E-state index is 0.167. The molecule has 0 bridgehead atoms. The number of aromatic nitrogens is 2. The maximum atomic E-state index is 13.2. The molecule has 0 radical (unpaired) electrons. The Morgan fingerprint density at radius 3 is 2.74 bits per heavy atom. The van der Waals surface area contributed by atoms with Gasteiger partial charge in [-0.25, -0.2) is 0 Å². The Bertz CT molecular complexity index is 1300. The van der Waals surface area contributed by atoms with Crippen LogP contribution in [-0.2, 0) is 24.8 Å². The quantitative estimate of drug-likeness (QED) is 0.295. The second-order valence-electron chi connectivity index (χ2n) is 8.32. The number of carbonyl (C=O) groups is 3. The number of amides is 3. The zero-order chi connectivity index (χ0) is 25.1. The first-order valence-electron chi connectivity index (χ1n) is 11.2. The summed E-state index contributed by atoms with van der Waals surface area (Å²) in [6.07, 6.45) is 3.92. The largest absolute Gasteiger partial charge is 0.398 e. The third-order valence-corrected chi connectivity index (χ3v) is 7.11. The van der Waals surface area contributed by atoms with Crippen molar-refractivity contribution in [2.24, 2.45) is 7.05 Å². The van der Waals surface area contributed by atoms with Crippen LogP contribution in [0.1, 0.15) is 49.4 Å². The second-order valence-corrected chi connectivity index (χ2v) is 9.46. The molecule has 1 aromatic carbocycles. The summed E-state index contributed by atoms with van der Waals surface area (Å²) in [5.41, 5.74) is 7.94. The number of anilines is 2. The molecule has 0 saturated heterocycles. The Morgan fingerprint density at radius 2 is 2.06 bits per heavy atom. The number of hydrogen-bond donors (Lipinski definition) is 4. The lowest BCUT2D eigenvalue weighted by Crippen LogP contribution is -2.49. The molecule has 3 amide bonds. The number of thiophene rings is 1. The van der Waals surface area contributed by atoms with E-state index in [4.69, 9.17) is 11.1 Å². The van der Waals surface area contributed by atoms with Crippen LogP contribution in [0.2, 0.25) is 0 Å². The van der Waals surface area contributed by atoms with E-state index in [-0.39, 0.29) is 11.8 Å². The van der Waals surface area contributed by atoms with Crippen LogP contribution >= 0.6 is 11.3 Å². The summed E-state index contributed by atoms with van der Waals surface area (Å²) in [5.74, 6) is -0.307. The van der Waals surface area contributed by atoms with Gasteiger partial charge in [-0.05, 0) is 42.7 Å². The number of aryl methyl sites for hydroxylation is 1. The molecule has 4 rings (SSSR count). The van der Waals surface area contributed by atoms with Crippen molar-refractivity contribution in [3.8, 4) is 0 Å². The van der Waals surface area contributed by atoms with Crippen molar-refractivity contribution >= 4 is 46.8 Å². The predicted octanol–water partition coefficient (Wildman–Crippen LogP) is 2.41. The zero-order valence-corrected chi connectivity index (χ0v) is 20.3. The fourth-order valence-corrected chi connectivity index (χ4v) is 4.99. The highest BCUT2D eigenvalue weighted by molar-refractivity contribution is 7.14. The van der Waals surface area contributed by atoms with Gasteiger partial charge in [-0.15, -0.1) is 11.3 Å². The van der Waals surface area contributed by atoms with E-state index in [0.717, 1.165) is 16.7 Å². The fraction of sp³-hybridized carbons (Fsp3) is 0.292. The molecule has 1 aliphatic rings. The summed E-state index contributed by atoms with van der Waals surface area (Å²) in [6, 6.07) is 7.54. The van der Waals surface area contributed by atoms with Crippen molar-refractivity contribution in [2.75, 3.05) is 17.6 Å². The van der Waals surface area contributed by atoms with E-state index in [2.05, 4.69) is 15.7 Å². The van der Waals surface area contributed by atoms with E-state index >= 15 is 0 Å². The van der Waals surface area contributed by atoms with Crippen LogP contribution in [0.25, 0.3) is 0 Å². The van der Waals surface area contributed by atoms with Crippen LogP contribution in [0.5, 0.6) is 0 Å². The number of nitrogens with zero attached hydrogens (tertiary/aromatic N) is 3. The van der Waals surface area contributed by atoms with Crippen molar-refractivity contribution in [3.05, 3.63) is 63.0 Å². The molecule has 3 aromatic rings. The molecule has 1 aliphatic heterocycles. The maximum Gasteiger partial charge on any atom is 0.266 e. The molecule has 0 unspecified atom stereocenters. The Balaban J connectivity index is 1.41. The number of nitrogen functional groups attached to an aromatic ring is 1. The first-order chi connectivity index (χ1) is 16.8. The SMILES string of the molecule is CC[C@@H](NC(=O)c1ccc(N)c(C=N)c1)C(=O)N1CCc2sc(C(=O)Nc3ccn(C)n3)cc2C1. The molecule has 3 heterocycles. The van der Waals surface area contributed by atoms with Crippen LogP contribution in [-0.4, -0.2) is 51.2 Å². The summed E-state index contributed by atoms with van der Waals surface area (Å²) >= 11 is 1.43. The van der Waals surface area contributed by atoms with Crippen molar-refractivity contribution in [3.63, 3.8) is 0 Å². The van der Waals surface area contributed by atoms with Crippen molar-refractivity contribution in [2.45, 2.75) is 32.4 Å². The molecule has 35 heavy (non-hydrogen) atoms.